The standard InChI is InChI=1S/C20H24N2O3/c1-14-6-5-7-19(15(14)2)21-20(24)12-13-22(16(3)23)17-8-10-18(25-4)11-9-17/h5-11H,12-13H2,1-4H3,(H,21,24). The van der Waals surface area contributed by atoms with E-state index in [0.29, 0.717) is 6.54 Å². The fraction of sp³-hybridized carbons (Fsp3) is 0.300. The van der Waals surface area contributed by atoms with Gasteiger partial charge in [-0.15, -0.1) is 0 Å². The van der Waals surface area contributed by atoms with Gasteiger partial charge in [0.25, 0.3) is 0 Å². The number of nitrogens with one attached hydrogen (secondary N) is 1. The van der Waals surface area contributed by atoms with Crippen LogP contribution >= 0.6 is 0 Å². The zero-order chi connectivity index (χ0) is 18.4. The summed E-state index contributed by atoms with van der Waals surface area (Å²) < 4.78 is 5.13. The van der Waals surface area contributed by atoms with E-state index in [1.54, 1.807) is 24.1 Å². The van der Waals surface area contributed by atoms with Crippen molar-refractivity contribution in [3.63, 3.8) is 0 Å². The van der Waals surface area contributed by atoms with E-state index < -0.39 is 0 Å². The molecular formula is C20H24N2O3. The zero-order valence-electron chi connectivity index (χ0n) is 15.1. The number of benzene rings is 2. The number of aryl methyl sites for hydroxylation is 1. The SMILES string of the molecule is COc1ccc(N(CCC(=O)Nc2cccc(C)c2C)C(C)=O)cc1. The van der Waals surface area contributed by atoms with Crippen molar-refractivity contribution in [3.05, 3.63) is 53.6 Å². The van der Waals surface area contributed by atoms with Gasteiger partial charge in [-0.2, -0.15) is 0 Å². The zero-order valence-corrected chi connectivity index (χ0v) is 15.1. The Labute approximate surface area is 148 Å². The van der Waals surface area contributed by atoms with Gasteiger partial charge in [0.15, 0.2) is 0 Å². The fourth-order valence-corrected chi connectivity index (χ4v) is 2.54. The molecule has 0 radical (unpaired) electrons. The number of carbonyl (C=O) groups is 2. The Kier molecular flexibility index (Phi) is 6.17. The molecule has 0 atom stereocenters. The lowest BCUT2D eigenvalue weighted by Crippen LogP contribution is -2.32. The van der Waals surface area contributed by atoms with Crippen LogP contribution in [0.15, 0.2) is 42.5 Å². The number of methoxy groups -OCH3 is 1. The third-order valence-corrected chi connectivity index (χ3v) is 4.21. The van der Waals surface area contributed by atoms with Gasteiger partial charge in [0.2, 0.25) is 11.8 Å². The smallest absolute Gasteiger partial charge is 0.226 e. The number of rotatable bonds is 6. The first kappa shape index (κ1) is 18.5. The van der Waals surface area contributed by atoms with Gasteiger partial charge in [0, 0.05) is 31.3 Å². The third kappa shape index (κ3) is 4.83. The van der Waals surface area contributed by atoms with E-state index in [1.165, 1.54) is 6.92 Å². The molecule has 0 aliphatic carbocycles. The summed E-state index contributed by atoms with van der Waals surface area (Å²) in [6, 6.07) is 13.0. The maximum absolute atomic E-state index is 12.3. The molecule has 2 aromatic carbocycles. The number of hydrogen-bond acceptors (Lipinski definition) is 3. The van der Waals surface area contributed by atoms with Crippen LogP contribution in [0.3, 0.4) is 0 Å². The van der Waals surface area contributed by atoms with E-state index in [9.17, 15) is 9.59 Å². The number of amides is 2. The quantitative estimate of drug-likeness (QED) is 0.872. The summed E-state index contributed by atoms with van der Waals surface area (Å²) in [6.07, 6.45) is 0.221. The first-order valence-electron chi connectivity index (χ1n) is 8.20. The summed E-state index contributed by atoms with van der Waals surface area (Å²) in [5, 5.41) is 2.92. The molecule has 5 nitrogen and oxygen atoms in total. The molecule has 132 valence electrons. The van der Waals surface area contributed by atoms with Crippen molar-refractivity contribution >= 4 is 23.2 Å². The van der Waals surface area contributed by atoms with Gasteiger partial charge in [-0.05, 0) is 55.3 Å². The highest BCUT2D eigenvalue weighted by Crippen LogP contribution is 2.21. The van der Waals surface area contributed by atoms with Crippen molar-refractivity contribution in [2.75, 3.05) is 23.9 Å². The van der Waals surface area contributed by atoms with Gasteiger partial charge >= 0.3 is 0 Å². The largest absolute Gasteiger partial charge is 0.497 e. The second-order valence-corrected chi connectivity index (χ2v) is 5.91. The average molecular weight is 340 g/mol. The van der Waals surface area contributed by atoms with E-state index in [0.717, 1.165) is 28.3 Å². The van der Waals surface area contributed by atoms with Crippen LogP contribution in [0.2, 0.25) is 0 Å². The van der Waals surface area contributed by atoms with Gasteiger partial charge in [-0.3, -0.25) is 9.59 Å². The van der Waals surface area contributed by atoms with Crippen LogP contribution in [-0.4, -0.2) is 25.5 Å². The minimum Gasteiger partial charge on any atom is -0.497 e. The van der Waals surface area contributed by atoms with Crippen molar-refractivity contribution in [2.24, 2.45) is 0 Å². The highest BCUT2D eigenvalue weighted by atomic mass is 16.5. The Hall–Kier alpha value is -2.82. The lowest BCUT2D eigenvalue weighted by Gasteiger charge is -2.21. The Morgan fingerprint density at radius 1 is 1.08 bits per heavy atom. The monoisotopic (exact) mass is 340 g/mol. The van der Waals surface area contributed by atoms with Gasteiger partial charge in [0.1, 0.15) is 5.75 Å². The van der Waals surface area contributed by atoms with Crippen molar-refractivity contribution in [3.8, 4) is 5.75 Å². The van der Waals surface area contributed by atoms with Gasteiger partial charge in [-0.25, -0.2) is 0 Å². The summed E-state index contributed by atoms with van der Waals surface area (Å²) in [4.78, 5) is 25.8. The predicted octanol–water partition coefficient (Wildman–Crippen LogP) is 3.69. The first-order chi connectivity index (χ1) is 11.9. The van der Waals surface area contributed by atoms with E-state index in [2.05, 4.69) is 5.32 Å². The molecule has 0 bridgehead atoms. The van der Waals surface area contributed by atoms with Crippen molar-refractivity contribution in [1.29, 1.82) is 0 Å². The molecule has 0 heterocycles. The molecular weight excluding hydrogens is 316 g/mol. The molecule has 0 saturated carbocycles. The normalized spacial score (nSPS) is 10.2. The molecule has 2 aromatic rings. The number of nitrogens with zero attached hydrogens (tertiary/aromatic N) is 1. The lowest BCUT2D eigenvalue weighted by atomic mass is 10.1. The highest BCUT2D eigenvalue weighted by Gasteiger charge is 2.14. The maximum atomic E-state index is 12.3. The van der Waals surface area contributed by atoms with E-state index in [1.807, 2.05) is 44.2 Å². The number of ether oxygens (including phenoxy) is 1. The molecule has 0 saturated heterocycles. The second-order valence-electron chi connectivity index (χ2n) is 5.91. The summed E-state index contributed by atoms with van der Waals surface area (Å²) >= 11 is 0. The molecule has 5 heteroatoms. The van der Waals surface area contributed by atoms with Crippen LogP contribution in [0.1, 0.15) is 24.5 Å². The average Bonchev–Trinajstić information content (AvgIpc) is 2.59. The molecule has 1 N–H and O–H groups in total. The van der Waals surface area contributed by atoms with Gasteiger partial charge in [0.05, 0.1) is 7.11 Å². The molecule has 2 rings (SSSR count). The minimum absolute atomic E-state index is 0.107. The van der Waals surface area contributed by atoms with E-state index >= 15 is 0 Å². The Bertz CT molecular complexity index is 754. The number of anilines is 2. The Morgan fingerprint density at radius 2 is 1.76 bits per heavy atom. The van der Waals surface area contributed by atoms with Gasteiger partial charge in [-0.1, -0.05) is 12.1 Å². The molecule has 2 amide bonds. The summed E-state index contributed by atoms with van der Waals surface area (Å²) in [6.45, 7) is 5.79. The molecule has 0 aliphatic heterocycles. The fourth-order valence-electron chi connectivity index (χ4n) is 2.54. The molecule has 0 aliphatic rings. The molecule has 0 aromatic heterocycles. The van der Waals surface area contributed by atoms with Crippen molar-refractivity contribution < 1.29 is 14.3 Å². The molecule has 25 heavy (non-hydrogen) atoms. The second kappa shape index (κ2) is 8.33. The van der Waals surface area contributed by atoms with Gasteiger partial charge < -0.3 is 15.0 Å². The Morgan fingerprint density at radius 3 is 2.36 bits per heavy atom. The molecule has 0 unspecified atom stereocenters. The highest BCUT2D eigenvalue weighted by molar-refractivity contribution is 5.95. The predicted molar refractivity (Wildman–Crippen MR) is 100 cm³/mol. The summed E-state index contributed by atoms with van der Waals surface area (Å²) in [5.74, 6) is 0.498. The summed E-state index contributed by atoms with van der Waals surface area (Å²) in [7, 11) is 1.59. The maximum Gasteiger partial charge on any atom is 0.226 e. The third-order valence-electron chi connectivity index (χ3n) is 4.21. The van der Waals surface area contributed by atoms with Crippen molar-refractivity contribution in [2.45, 2.75) is 27.2 Å². The van der Waals surface area contributed by atoms with Crippen LogP contribution in [0, 0.1) is 13.8 Å². The molecule has 0 spiro atoms. The lowest BCUT2D eigenvalue weighted by molar-refractivity contribution is -0.117. The topological polar surface area (TPSA) is 58.6 Å². The number of hydrogen-bond donors (Lipinski definition) is 1. The van der Waals surface area contributed by atoms with Crippen LogP contribution in [-0.2, 0) is 9.59 Å². The van der Waals surface area contributed by atoms with E-state index in [4.69, 9.17) is 4.74 Å². The van der Waals surface area contributed by atoms with Crippen molar-refractivity contribution in [1.82, 2.24) is 0 Å². The van der Waals surface area contributed by atoms with Crippen LogP contribution in [0.4, 0.5) is 11.4 Å². The first-order valence-corrected chi connectivity index (χ1v) is 8.20. The van der Waals surface area contributed by atoms with E-state index in [-0.39, 0.29) is 18.2 Å². The van der Waals surface area contributed by atoms with Crippen LogP contribution in [0.5, 0.6) is 5.75 Å². The van der Waals surface area contributed by atoms with Crippen LogP contribution < -0.4 is 15.0 Å². The van der Waals surface area contributed by atoms with Crippen LogP contribution in [0.25, 0.3) is 0 Å². The minimum atomic E-state index is -0.117. The molecule has 0 fully saturated rings. The Balaban J connectivity index is 2.01. The summed E-state index contributed by atoms with van der Waals surface area (Å²) in [5.41, 5.74) is 3.73. The number of carbonyl (C=O) groups excluding carboxylic acids is 2.